The van der Waals surface area contributed by atoms with Crippen LogP contribution in [0.25, 0.3) is 0 Å². The van der Waals surface area contributed by atoms with Crippen LogP contribution in [-0.4, -0.2) is 0 Å². The summed E-state index contributed by atoms with van der Waals surface area (Å²) in [6, 6.07) is 8.96. The van der Waals surface area contributed by atoms with E-state index in [9.17, 15) is 0 Å². The van der Waals surface area contributed by atoms with E-state index in [2.05, 4.69) is 45.0 Å². The molecule has 0 fully saturated rings. The van der Waals surface area contributed by atoms with Crippen molar-refractivity contribution in [2.24, 2.45) is 5.92 Å². The van der Waals surface area contributed by atoms with Gasteiger partial charge >= 0.3 is 0 Å². The SMILES string of the molecule is CC1CCc2ccccc2C(C)(C)C1. The highest BCUT2D eigenvalue weighted by Gasteiger charge is 2.28. The van der Waals surface area contributed by atoms with Crippen LogP contribution in [0.2, 0.25) is 0 Å². The summed E-state index contributed by atoms with van der Waals surface area (Å²) in [6.45, 7) is 7.15. The fourth-order valence-electron chi connectivity index (χ4n) is 2.88. The quantitative estimate of drug-likeness (QED) is 0.541. The third kappa shape index (κ3) is 1.70. The van der Waals surface area contributed by atoms with E-state index in [0.29, 0.717) is 5.41 Å². The van der Waals surface area contributed by atoms with E-state index in [-0.39, 0.29) is 0 Å². The Morgan fingerprint density at radius 1 is 1.21 bits per heavy atom. The fraction of sp³-hybridized carbons (Fsp3) is 0.571. The summed E-state index contributed by atoms with van der Waals surface area (Å²) in [5, 5.41) is 0. The van der Waals surface area contributed by atoms with E-state index in [1.807, 2.05) is 0 Å². The molecule has 0 N–H and O–H groups in total. The van der Waals surface area contributed by atoms with E-state index in [0.717, 1.165) is 5.92 Å². The Kier molecular flexibility index (Phi) is 2.38. The predicted molar refractivity (Wildman–Crippen MR) is 61.6 cm³/mol. The summed E-state index contributed by atoms with van der Waals surface area (Å²) in [5.74, 6) is 0.859. The topological polar surface area (TPSA) is 0 Å². The minimum Gasteiger partial charge on any atom is -0.0625 e. The van der Waals surface area contributed by atoms with Gasteiger partial charge in [0.05, 0.1) is 0 Å². The molecule has 0 saturated heterocycles. The molecule has 0 amide bonds. The van der Waals surface area contributed by atoms with E-state index >= 15 is 0 Å². The molecule has 0 aliphatic heterocycles. The summed E-state index contributed by atoms with van der Waals surface area (Å²) in [6.07, 6.45) is 3.94. The summed E-state index contributed by atoms with van der Waals surface area (Å²) in [7, 11) is 0. The average Bonchev–Trinajstić information content (AvgIpc) is 2.24. The molecule has 0 heterocycles. The lowest BCUT2D eigenvalue weighted by Crippen LogP contribution is -2.19. The lowest BCUT2D eigenvalue weighted by molar-refractivity contribution is 0.380. The summed E-state index contributed by atoms with van der Waals surface area (Å²) < 4.78 is 0. The Hall–Kier alpha value is -0.780. The van der Waals surface area contributed by atoms with Gasteiger partial charge in [-0.2, -0.15) is 0 Å². The van der Waals surface area contributed by atoms with Gasteiger partial charge in [-0.3, -0.25) is 0 Å². The van der Waals surface area contributed by atoms with Crippen LogP contribution in [0.3, 0.4) is 0 Å². The van der Waals surface area contributed by atoms with Gasteiger partial charge in [-0.05, 0) is 41.7 Å². The van der Waals surface area contributed by atoms with Gasteiger partial charge in [0.2, 0.25) is 0 Å². The Labute approximate surface area is 87.3 Å². The normalized spacial score (nSPS) is 25.2. The van der Waals surface area contributed by atoms with Gasteiger partial charge in [0, 0.05) is 0 Å². The van der Waals surface area contributed by atoms with Crippen molar-refractivity contribution in [2.75, 3.05) is 0 Å². The van der Waals surface area contributed by atoms with Crippen LogP contribution >= 0.6 is 0 Å². The van der Waals surface area contributed by atoms with Crippen LogP contribution in [0.5, 0.6) is 0 Å². The molecule has 0 spiro atoms. The second-order valence-corrected chi connectivity index (χ2v) is 5.39. The molecule has 0 aromatic heterocycles. The molecule has 1 unspecified atom stereocenters. The predicted octanol–water partition coefficient (Wildman–Crippen LogP) is 3.94. The maximum Gasteiger partial charge on any atom is -0.00983 e. The molecule has 76 valence electrons. The van der Waals surface area contributed by atoms with Crippen molar-refractivity contribution in [3.8, 4) is 0 Å². The van der Waals surface area contributed by atoms with Crippen molar-refractivity contribution < 1.29 is 0 Å². The minimum atomic E-state index is 0.368. The number of aryl methyl sites for hydroxylation is 1. The summed E-state index contributed by atoms with van der Waals surface area (Å²) >= 11 is 0. The van der Waals surface area contributed by atoms with E-state index in [1.54, 1.807) is 11.1 Å². The molecule has 1 aliphatic carbocycles. The van der Waals surface area contributed by atoms with Gasteiger partial charge in [0.25, 0.3) is 0 Å². The van der Waals surface area contributed by atoms with Crippen molar-refractivity contribution in [1.29, 1.82) is 0 Å². The van der Waals surface area contributed by atoms with E-state index in [4.69, 9.17) is 0 Å². The molecular weight excluding hydrogens is 168 g/mol. The van der Waals surface area contributed by atoms with Gasteiger partial charge in [0.1, 0.15) is 0 Å². The molecule has 0 bridgehead atoms. The van der Waals surface area contributed by atoms with Gasteiger partial charge in [0.15, 0.2) is 0 Å². The highest BCUT2D eigenvalue weighted by molar-refractivity contribution is 5.34. The third-order valence-electron chi connectivity index (χ3n) is 3.51. The summed E-state index contributed by atoms with van der Waals surface area (Å²) in [4.78, 5) is 0. The van der Waals surface area contributed by atoms with Crippen LogP contribution in [0.4, 0.5) is 0 Å². The van der Waals surface area contributed by atoms with E-state index in [1.165, 1.54) is 19.3 Å². The minimum absolute atomic E-state index is 0.368. The van der Waals surface area contributed by atoms with Crippen LogP contribution in [0.1, 0.15) is 44.7 Å². The first-order chi connectivity index (χ1) is 6.59. The number of rotatable bonds is 0. The maximum absolute atomic E-state index is 2.38. The first-order valence-electron chi connectivity index (χ1n) is 5.68. The summed E-state index contributed by atoms with van der Waals surface area (Å²) in [5.41, 5.74) is 3.51. The monoisotopic (exact) mass is 188 g/mol. The number of hydrogen-bond acceptors (Lipinski definition) is 0. The Bertz CT molecular complexity index is 323. The van der Waals surface area contributed by atoms with Gasteiger partial charge in [-0.25, -0.2) is 0 Å². The number of fused-ring (bicyclic) bond motifs is 1. The van der Waals surface area contributed by atoms with Crippen LogP contribution < -0.4 is 0 Å². The molecular formula is C14H20. The highest BCUT2D eigenvalue weighted by Crippen LogP contribution is 2.37. The van der Waals surface area contributed by atoms with Gasteiger partial charge in [-0.1, -0.05) is 45.0 Å². The number of benzene rings is 1. The van der Waals surface area contributed by atoms with Crippen molar-refractivity contribution in [3.63, 3.8) is 0 Å². The second kappa shape index (κ2) is 3.42. The lowest BCUT2D eigenvalue weighted by Gasteiger charge is -2.27. The first-order valence-corrected chi connectivity index (χ1v) is 5.68. The number of hydrogen-bond donors (Lipinski definition) is 0. The highest BCUT2D eigenvalue weighted by atomic mass is 14.3. The van der Waals surface area contributed by atoms with Gasteiger partial charge in [-0.15, -0.1) is 0 Å². The van der Waals surface area contributed by atoms with Crippen molar-refractivity contribution in [2.45, 2.75) is 45.4 Å². The fourth-order valence-corrected chi connectivity index (χ4v) is 2.88. The lowest BCUT2D eigenvalue weighted by atomic mass is 9.78. The Morgan fingerprint density at radius 3 is 2.71 bits per heavy atom. The first kappa shape index (κ1) is 9.76. The van der Waals surface area contributed by atoms with Crippen molar-refractivity contribution >= 4 is 0 Å². The largest absolute Gasteiger partial charge is 0.0625 e. The molecule has 2 rings (SSSR count). The molecule has 0 nitrogen and oxygen atoms in total. The maximum atomic E-state index is 2.38. The molecule has 1 aliphatic rings. The smallest absolute Gasteiger partial charge is 0.00983 e. The molecule has 1 atom stereocenters. The molecule has 14 heavy (non-hydrogen) atoms. The zero-order chi connectivity index (χ0) is 10.2. The third-order valence-corrected chi connectivity index (χ3v) is 3.51. The standard InChI is InChI=1S/C14H20/c1-11-8-9-12-6-4-5-7-13(12)14(2,3)10-11/h4-7,11H,8-10H2,1-3H3. The van der Waals surface area contributed by atoms with Crippen molar-refractivity contribution in [1.82, 2.24) is 0 Å². The average molecular weight is 188 g/mol. The molecule has 1 aromatic carbocycles. The Balaban J connectivity index is 2.45. The zero-order valence-electron chi connectivity index (χ0n) is 9.51. The van der Waals surface area contributed by atoms with E-state index < -0.39 is 0 Å². The van der Waals surface area contributed by atoms with Crippen LogP contribution in [-0.2, 0) is 11.8 Å². The molecule has 0 radical (unpaired) electrons. The van der Waals surface area contributed by atoms with Crippen LogP contribution in [0, 0.1) is 5.92 Å². The van der Waals surface area contributed by atoms with Gasteiger partial charge < -0.3 is 0 Å². The molecule has 0 heteroatoms. The molecule has 1 aromatic rings. The molecule has 0 saturated carbocycles. The van der Waals surface area contributed by atoms with Crippen LogP contribution in [0.15, 0.2) is 24.3 Å². The van der Waals surface area contributed by atoms with Crippen molar-refractivity contribution in [3.05, 3.63) is 35.4 Å². The second-order valence-electron chi connectivity index (χ2n) is 5.39. The Morgan fingerprint density at radius 2 is 1.93 bits per heavy atom. The zero-order valence-corrected chi connectivity index (χ0v) is 9.51.